The molecule has 1 heterocycles. The molecule has 0 bridgehead atoms. The molecule has 0 aliphatic rings. The van der Waals surface area contributed by atoms with Crippen molar-refractivity contribution in [3.8, 4) is 0 Å². The second kappa shape index (κ2) is 11.0. The molecule has 8 heteroatoms. The maximum Gasteiger partial charge on any atom is 0.243 e. The average Bonchev–Trinajstić information content (AvgIpc) is 2.83. The summed E-state index contributed by atoms with van der Waals surface area (Å²) in [6, 6.07) is 4.11. The molecule has 1 amide bonds. The Balaban J connectivity index is 0.00000484. The van der Waals surface area contributed by atoms with Gasteiger partial charge >= 0.3 is 0 Å². The SMILES string of the molecule is C=C(C)CNC(=NCC(=O)N(C)C)N(C)Cc1ccc(Br)s1.I. The number of likely N-dealkylation sites (N-methyl/N-ethyl adjacent to an activating group) is 1. The molecule has 0 aliphatic carbocycles. The molecule has 0 saturated carbocycles. The summed E-state index contributed by atoms with van der Waals surface area (Å²) in [5.74, 6) is 0.671. The third-order valence-corrected chi connectivity index (χ3v) is 4.40. The molecule has 23 heavy (non-hydrogen) atoms. The molecule has 1 aromatic rings. The van der Waals surface area contributed by atoms with Crippen LogP contribution in [0.1, 0.15) is 11.8 Å². The standard InChI is InChI=1S/C15H23BrN4OS.HI/c1-11(2)8-17-15(18-9-14(21)19(3)4)20(5)10-12-6-7-13(16)22-12;/h6-7H,1,8-10H2,2-5H3,(H,17,18);1H. The van der Waals surface area contributed by atoms with E-state index in [-0.39, 0.29) is 36.4 Å². The molecular formula is C15H24BrIN4OS. The van der Waals surface area contributed by atoms with Crippen molar-refractivity contribution in [2.45, 2.75) is 13.5 Å². The van der Waals surface area contributed by atoms with E-state index in [1.54, 1.807) is 25.4 Å². The number of halogens is 2. The van der Waals surface area contributed by atoms with E-state index in [1.165, 1.54) is 9.78 Å². The molecule has 1 rings (SSSR count). The first kappa shape index (κ1) is 22.4. The Morgan fingerprint density at radius 2 is 2.04 bits per heavy atom. The van der Waals surface area contributed by atoms with Gasteiger partial charge in [0.05, 0.1) is 10.3 Å². The number of guanidine groups is 1. The second-order valence-corrected chi connectivity index (χ2v) is 7.85. The normalized spacial score (nSPS) is 10.7. The number of hydrogen-bond donors (Lipinski definition) is 1. The van der Waals surface area contributed by atoms with Crippen molar-refractivity contribution in [2.75, 3.05) is 34.2 Å². The third-order valence-electron chi connectivity index (χ3n) is 2.79. The van der Waals surface area contributed by atoms with Crippen LogP contribution in [0.25, 0.3) is 0 Å². The van der Waals surface area contributed by atoms with Gasteiger partial charge in [0.25, 0.3) is 0 Å². The maximum absolute atomic E-state index is 11.7. The van der Waals surface area contributed by atoms with Crippen molar-refractivity contribution in [1.82, 2.24) is 15.1 Å². The molecule has 0 unspecified atom stereocenters. The highest BCUT2D eigenvalue weighted by Gasteiger charge is 2.10. The lowest BCUT2D eigenvalue weighted by Gasteiger charge is -2.22. The van der Waals surface area contributed by atoms with E-state index in [4.69, 9.17) is 0 Å². The zero-order valence-electron chi connectivity index (χ0n) is 13.9. The van der Waals surface area contributed by atoms with Crippen molar-refractivity contribution < 1.29 is 4.79 Å². The largest absolute Gasteiger partial charge is 0.353 e. The minimum absolute atomic E-state index is 0. The Morgan fingerprint density at radius 3 is 2.52 bits per heavy atom. The molecule has 0 radical (unpaired) electrons. The van der Waals surface area contributed by atoms with Crippen LogP contribution in [0.3, 0.4) is 0 Å². The van der Waals surface area contributed by atoms with Gasteiger partial charge in [0.15, 0.2) is 5.96 Å². The Kier molecular flexibility index (Phi) is 10.7. The van der Waals surface area contributed by atoms with Crippen molar-refractivity contribution >= 4 is 63.1 Å². The molecule has 0 spiro atoms. The fourth-order valence-corrected chi connectivity index (χ4v) is 3.11. The summed E-state index contributed by atoms with van der Waals surface area (Å²) in [5, 5.41) is 3.24. The van der Waals surface area contributed by atoms with Crippen LogP contribution in [-0.4, -0.2) is 55.9 Å². The predicted molar refractivity (Wildman–Crippen MR) is 113 cm³/mol. The number of nitrogens with zero attached hydrogens (tertiary/aromatic N) is 3. The summed E-state index contributed by atoms with van der Waals surface area (Å²) in [4.78, 5) is 20.9. The zero-order chi connectivity index (χ0) is 16.7. The topological polar surface area (TPSA) is 47.9 Å². The number of carbonyl (C=O) groups is 1. The van der Waals surface area contributed by atoms with E-state index in [0.29, 0.717) is 12.5 Å². The molecule has 0 fully saturated rings. The Hall–Kier alpha value is -0.610. The van der Waals surface area contributed by atoms with Crippen molar-refractivity contribution in [3.05, 3.63) is 32.9 Å². The van der Waals surface area contributed by atoms with Crippen molar-refractivity contribution in [3.63, 3.8) is 0 Å². The monoisotopic (exact) mass is 514 g/mol. The van der Waals surface area contributed by atoms with E-state index < -0.39 is 0 Å². The molecule has 5 nitrogen and oxygen atoms in total. The smallest absolute Gasteiger partial charge is 0.243 e. The van der Waals surface area contributed by atoms with E-state index in [1.807, 2.05) is 24.9 Å². The molecule has 0 atom stereocenters. The number of thiophene rings is 1. The molecule has 0 saturated heterocycles. The van der Waals surface area contributed by atoms with Gasteiger partial charge in [-0.15, -0.1) is 35.3 Å². The summed E-state index contributed by atoms with van der Waals surface area (Å²) in [7, 11) is 5.41. The Labute approximate surface area is 168 Å². The number of hydrogen-bond acceptors (Lipinski definition) is 3. The van der Waals surface area contributed by atoms with Gasteiger partial charge in [0.1, 0.15) is 6.54 Å². The maximum atomic E-state index is 11.7. The summed E-state index contributed by atoms with van der Waals surface area (Å²) in [6.45, 7) is 7.32. The van der Waals surface area contributed by atoms with Gasteiger partial charge < -0.3 is 15.1 Å². The van der Waals surface area contributed by atoms with E-state index >= 15 is 0 Å². The molecular weight excluding hydrogens is 491 g/mol. The van der Waals surface area contributed by atoms with Crippen LogP contribution >= 0.6 is 51.2 Å². The van der Waals surface area contributed by atoms with Crippen LogP contribution < -0.4 is 5.32 Å². The molecule has 130 valence electrons. The average molecular weight is 515 g/mol. The van der Waals surface area contributed by atoms with E-state index in [2.05, 4.69) is 38.9 Å². The van der Waals surface area contributed by atoms with Crippen LogP contribution in [0.5, 0.6) is 0 Å². The fourth-order valence-electron chi connectivity index (χ4n) is 1.57. The lowest BCUT2D eigenvalue weighted by atomic mass is 10.3. The zero-order valence-corrected chi connectivity index (χ0v) is 18.7. The highest BCUT2D eigenvalue weighted by atomic mass is 127. The second-order valence-electron chi connectivity index (χ2n) is 5.30. The molecule has 1 N–H and O–H groups in total. The molecule has 0 aliphatic heterocycles. The first-order valence-electron chi connectivity index (χ1n) is 6.87. The quantitative estimate of drug-likeness (QED) is 0.274. The van der Waals surface area contributed by atoms with Gasteiger partial charge in [-0.25, -0.2) is 4.99 Å². The van der Waals surface area contributed by atoms with Crippen LogP contribution in [-0.2, 0) is 11.3 Å². The van der Waals surface area contributed by atoms with Gasteiger partial charge in [0, 0.05) is 32.6 Å². The van der Waals surface area contributed by atoms with Crippen LogP contribution in [0.15, 0.2) is 33.1 Å². The fraction of sp³-hybridized carbons (Fsp3) is 0.467. The molecule has 1 aromatic heterocycles. The Bertz CT molecular complexity index is 559. The highest BCUT2D eigenvalue weighted by molar-refractivity contribution is 14.0. The first-order chi connectivity index (χ1) is 10.3. The number of carbonyl (C=O) groups excluding carboxylic acids is 1. The van der Waals surface area contributed by atoms with Gasteiger partial charge in [-0.05, 0) is 35.0 Å². The lowest BCUT2D eigenvalue weighted by molar-refractivity contribution is -0.127. The van der Waals surface area contributed by atoms with Crippen molar-refractivity contribution in [2.24, 2.45) is 4.99 Å². The Morgan fingerprint density at radius 1 is 1.39 bits per heavy atom. The van der Waals surface area contributed by atoms with Crippen LogP contribution in [0.2, 0.25) is 0 Å². The number of aliphatic imine (C=N–C) groups is 1. The van der Waals surface area contributed by atoms with Crippen LogP contribution in [0, 0.1) is 0 Å². The summed E-state index contributed by atoms with van der Waals surface area (Å²) < 4.78 is 1.10. The van der Waals surface area contributed by atoms with E-state index in [0.717, 1.165) is 15.9 Å². The third kappa shape index (κ3) is 8.71. The van der Waals surface area contributed by atoms with Gasteiger partial charge in [0.2, 0.25) is 5.91 Å². The number of rotatable bonds is 6. The summed E-state index contributed by atoms with van der Waals surface area (Å²) in [5.41, 5.74) is 1.01. The van der Waals surface area contributed by atoms with Crippen molar-refractivity contribution in [1.29, 1.82) is 0 Å². The van der Waals surface area contributed by atoms with Gasteiger partial charge in [-0.2, -0.15) is 0 Å². The number of nitrogens with one attached hydrogen (secondary N) is 1. The van der Waals surface area contributed by atoms with Crippen LogP contribution in [0.4, 0.5) is 0 Å². The summed E-state index contributed by atoms with van der Waals surface area (Å²) >= 11 is 5.15. The summed E-state index contributed by atoms with van der Waals surface area (Å²) in [6.07, 6.45) is 0. The first-order valence-corrected chi connectivity index (χ1v) is 8.48. The highest BCUT2D eigenvalue weighted by Crippen LogP contribution is 2.22. The van der Waals surface area contributed by atoms with E-state index in [9.17, 15) is 4.79 Å². The van der Waals surface area contributed by atoms with Gasteiger partial charge in [-0.3, -0.25) is 4.79 Å². The minimum Gasteiger partial charge on any atom is -0.353 e. The molecule has 0 aromatic carbocycles. The predicted octanol–water partition coefficient (Wildman–Crippen LogP) is 3.17. The lowest BCUT2D eigenvalue weighted by Crippen LogP contribution is -2.40. The van der Waals surface area contributed by atoms with Gasteiger partial charge in [-0.1, -0.05) is 12.2 Å². The minimum atomic E-state index is -0.0260. The number of amides is 1.